The van der Waals surface area contributed by atoms with E-state index in [4.69, 9.17) is 0 Å². The van der Waals surface area contributed by atoms with Gasteiger partial charge in [-0.05, 0) is 44.0 Å². The lowest BCUT2D eigenvalue weighted by Crippen LogP contribution is -2.48. The fraction of sp³-hybridized carbons (Fsp3) is 0.588. The average molecular weight is 484 g/mol. The number of halogens is 4. The summed E-state index contributed by atoms with van der Waals surface area (Å²) in [7, 11) is -4.35. The van der Waals surface area contributed by atoms with Gasteiger partial charge in [0.2, 0.25) is 15.9 Å². The van der Waals surface area contributed by atoms with Crippen LogP contribution in [0.15, 0.2) is 27.6 Å². The summed E-state index contributed by atoms with van der Waals surface area (Å²) in [5, 5.41) is 3.14. The number of piperidine rings is 1. The largest absolute Gasteiger partial charge is 0.417 e. The molecule has 0 aromatic heterocycles. The van der Waals surface area contributed by atoms with Crippen LogP contribution in [0.2, 0.25) is 0 Å². The summed E-state index contributed by atoms with van der Waals surface area (Å²) < 4.78 is 67.5. The van der Waals surface area contributed by atoms with Crippen molar-refractivity contribution in [3.63, 3.8) is 0 Å². The predicted molar refractivity (Wildman–Crippen MR) is 100 cm³/mol. The molecule has 1 aromatic carbocycles. The van der Waals surface area contributed by atoms with Gasteiger partial charge in [-0.15, -0.1) is 0 Å². The van der Waals surface area contributed by atoms with Crippen LogP contribution in [-0.4, -0.2) is 51.4 Å². The maximum Gasteiger partial charge on any atom is 0.417 e. The first-order chi connectivity index (χ1) is 13.1. The first-order valence-corrected chi connectivity index (χ1v) is 11.2. The Morgan fingerprint density at radius 1 is 1.21 bits per heavy atom. The van der Waals surface area contributed by atoms with Crippen molar-refractivity contribution in [2.45, 2.75) is 36.4 Å². The van der Waals surface area contributed by atoms with Crippen LogP contribution in [0.1, 0.15) is 24.8 Å². The van der Waals surface area contributed by atoms with E-state index in [0.29, 0.717) is 32.5 Å². The van der Waals surface area contributed by atoms with Crippen molar-refractivity contribution >= 4 is 31.9 Å². The fourth-order valence-corrected chi connectivity index (χ4v) is 5.46. The summed E-state index contributed by atoms with van der Waals surface area (Å²) in [5.41, 5.74) is -1.21. The van der Waals surface area contributed by atoms with Gasteiger partial charge in [-0.25, -0.2) is 13.1 Å². The molecule has 156 valence electrons. The molecule has 2 fully saturated rings. The molecule has 0 saturated carbocycles. The third-order valence-corrected chi connectivity index (χ3v) is 7.15. The fourth-order valence-electron chi connectivity index (χ4n) is 3.58. The zero-order valence-electron chi connectivity index (χ0n) is 14.9. The summed E-state index contributed by atoms with van der Waals surface area (Å²) in [4.78, 5) is 13.3. The Kier molecular flexibility index (Phi) is 6.38. The number of nitrogens with zero attached hydrogens (tertiary/aromatic N) is 1. The van der Waals surface area contributed by atoms with Crippen LogP contribution in [0.5, 0.6) is 0 Å². The van der Waals surface area contributed by atoms with E-state index in [0.717, 1.165) is 25.1 Å². The van der Waals surface area contributed by atoms with Crippen molar-refractivity contribution in [2.24, 2.45) is 5.92 Å². The molecule has 1 atom stereocenters. The molecule has 2 heterocycles. The minimum atomic E-state index is -4.79. The van der Waals surface area contributed by atoms with Crippen LogP contribution in [0.4, 0.5) is 13.2 Å². The smallest absolute Gasteiger partial charge is 0.342 e. The first kappa shape index (κ1) is 21.5. The van der Waals surface area contributed by atoms with Gasteiger partial charge in [-0.1, -0.05) is 15.9 Å². The Bertz CT molecular complexity index is 834. The number of carbonyl (C=O) groups excluding carboxylic acids is 1. The predicted octanol–water partition coefficient (Wildman–Crippen LogP) is 2.35. The van der Waals surface area contributed by atoms with E-state index in [9.17, 15) is 26.4 Å². The molecular formula is C17H21BrF3N3O3S. The van der Waals surface area contributed by atoms with Gasteiger partial charge in [0.1, 0.15) is 0 Å². The monoisotopic (exact) mass is 483 g/mol. The van der Waals surface area contributed by atoms with Crippen molar-refractivity contribution in [2.75, 3.05) is 26.2 Å². The van der Waals surface area contributed by atoms with Gasteiger partial charge in [0.05, 0.1) is 16.4 Å². The molecule has 3 rings (SSSR count). The highest BCUT2D eigenvalue weighted by Gasteiger charge is 2.38. The summed E-state index contributed by atoms with van der Waals surface area (Å²) in [6, 6.07) is 2.45. The number of rotatable bonds is 4. The Morgan fingerprint density at radius 3 is 2.46 bits per heavy atom. The third kappa shape index (κ3) is 4.87. The van der Waals surface area contributed by atoms with Crippen molar-refractivity contribution in [1.82, 2.24) is 14.9 Å². The topological polar surface area (TPSA) is 78.5 Å². The van der Waals surface area contributed by atoms with Gasteiger partial charge in [0.25, 0.3) is 0 Å². The molecule has 0 aliphatic carbocycles. The summed E-state index contributed by atoms with van der Waals surface area (Å²) >= 11 is 2.94. The van der Waals surface area contributed by atoms with Crippen LogP contribution in [0.25, 0.3) is 0 Å². The number of carbonyl (C=O) groups is 1. The number of hydrogen-bond donors (Lipinski definition) is 2. The van der Waals surface area contributed by atoms with Crippen molar-refractivity contribution in [3.05, 3.63) is 28.2 Å². The number of nitrogens with one attached hydrogen (secondary N) is 2. The van der Waals surface area contributed by atoms with Crippen LogP contribution < -0.4 is 10.0 Å². The number of likely N-dealkylation sites (tertiary alicyclic amines) is 1. The standard InChI is InChI=1S/C17H21BrF3N3O3S/c18-12-1-2-15(14(9-12)17(19,20)21)28(26,27)23-13-4-7-24(8-5-13)16(25)11-3-6-22-10-11/h1-2,9,11,13,22-23H,3-8,10H2/t11-/m0/s1. The number of amides is 1. The van der Waals surface area contributed by atoms with E-state index in [1.54, 1.807) is 4.90 Å². The lowest BCUT2D eigenvalue weighted by atomic mass is 10.0. The molecule has 0 spiro atoms. The molecule has 1 aromatic rings. The minimum absolute atomic E-state index is 0.0506. The van der Waals surface area contributed by atoms with Crippen molar-refractivity contribution in [3.8, 4) is 0 Å². The molecule has 0 bridgehead atoms. The summed E-state index contributed by atoms with van der Waals surface area (Å²) in [5.74, 6) is 0.00363. The van der Waals surface area contributed by atoms with Crippen molar-refractivity contribution in [1.29, 1.82) is 0 Å². The Balaban J connectivity index is 1.67. The molecule has 1 amide bonds. The maximum absolute atomic E-state index is 13.3. The van der Waals surface area contributed by atoms with Gasteiger partial charge < -0.3 is 10.2 Å². The molecule has 2 aliphatic rings. The molecule has 28 heavy (non-hydrogen) atoms. The molecule has 2 saturated heterocycles. The zero-order chi connectivity index (χ0) is 20.5. The second-order valence-electron chi connectivity index (χ2n) is 7.05. The van der Waals surface area contributed by atoms with Crippen molar-refractivity contribution < 1.29 is 26.4 Å². The van der Waals surface area contributed by atoms with Crippen LogP contribution in [0, 0.1) is 5.92 Å². The van der Waals surface area contributed by atoms with Crippen LogP contribution >= 0.6 is 15.9 Å². The Morgan fingerprint density at radius 2 is 1.89 bits per heavy atom. The van der Waals surface area contributed by atoms with E-state index < -0.39 is 32.7 Å². The second-order valence-corrected chi connectivity index (χ2v) is 9.65. The quantitative estimate of drug-likeness (QED) is 0.688. The lowest BCUT2D eigenvalue weighted by molar-refractivity contribution is -0.140. The van der Waals surface area contributed by atoms with E-state index in [1.807, 2.05) is 0 Å². The average Bonchev–Trinajstić information content (AvgIpc) is 3.15. The highest BCUT2D eigenvalue weighted by Crippen LogP contribution is 2.36. The Hall–Kier alpha value is -1.17. The van der Waals surface area contributed by atoms with Gasteiger partial charge in [0, 0.05) is 30.1 Å². The number of hydrogen-bond acceptors (Lipinski definition) is 4. The second kappa shape index (κ2) is 8.29. The Labute approximate surface area is 170 Å². The van der Waals surface area contributed by atoms with Crippen LogP contribution in [-0.2, 0) is 21.0 Å². The summed E-state index contributed by atoms with van der Waals surface area (Å²) in [6.07, 6.45) is -3.28. The van der Waals surface area contributed by atoms with E-state index in [-0.39, 0.29) is 16.3 Å². The van der Waals surface area contributed by atoms with Gasteiger partial charge in [0.15, 0.2) is 0 Å². The van der Waals surface area contributed by atoms with Crippen LogP contribution in [0.3, 0.4) is 0 Å². The number of alkyl halides is 3. The SMILES string of the molecule is O=C([C@H]1CCNC1)N1CCC(NS(=O)(=O)c2ccc(Br)cc2C(F)(F)F)CC1. The molecule has 0 radical (unpaired) electrons. The molecule has 2 aliphatic heterocycles. The van der Waals surface area contributed by atoms with Gasteiger partial charge in [-0.2, -0.15) is 13.2 Å². The summed E-state index contributed by atoms with van der Waals surface area (Å²) in [6.45, 7) is 2.22. The third-order valence-electron chi connectivity index (χ3n) is 5.07. The van der Waals surface area contributed by atoms with E-state index >= 15 is 0 Å². The molecule has 6 nitrogen and oxygen atoms in total. The van der Waals surface area contributed by atoms with Gasteiger partial charge in [-0.3, -0.25) is 4.79 Å². The normalized spacial score (nSPS) is 21.9. The lowest BCUT2D eigenvalue weighted by Gasteiger charge is -2.33. The maximum atomic E-state index is 13.3. The minimum Gasteiger partial charge on any atom is -0.342 e. The highest BCUT2D eigenvalue weighted by atomic mass is 79.9. The first-order valence-electron chi connectivity index (χ1n) is 8.96. The van der Waals surface area contributed by atoms with E-state index in [1.165, 1.54) is 6.07 Å². The van der Waals surface area contributed by atoms with E-state index in [2.05, 4.69) is 26.0 Å². The molecule has 0 unspecified atom stereocenters. The molecule has 11 heteroatoms. The molecule has 2 N–H and O–H groups in total. The zero-order valence-corrected chi connectivity index (χ0v) is 17.3. The number of sulfonamides is 1. The molecular weight excluding hydrogens is 463 g/mol. The highest BCUT2D eigenvalue weighted by molar-refractivity contribution is 9.10. The van der Waals surface area contributed by atoms with Gasteiger partial charge >= 0.3 is 6.18 Å². The number of benzene rings is 1.